The molecule has 1 rings (SSSR count). The highest BCUT2D eigenvalue weighted by Gasteiger charge is 2.16. The van der Waals surface area contributed by atoms with Gasteiger partial charge in [-0.25, -0.2) is 0 Å². The van der Waals surface area contributed by atoms with Gasteiger partial charge in [-0.2, -0.15) is 11.8 Å². The molecule has 2 N–H and O–H groups in total. The lowest BCUT2D eigenvalue weighted by molar-refractivity contribution is -0.121. The van der Waals surface area contributed by atoms with Gasteiger partial charge in [0, 0.05) is 41.5 Å². The summed E-state index contributed by atoms with van der Waals surface area (Å²) in [7, 11) is 0. The molecule has 1 saturated heterocycles. The van der Waals surface area contributed by atoms with E-state index in [9.17, 15) is 4.79 Å². The molecule has 0 aromatic carbocycles. The van der Waals surface area contributed by atoms with Gasteiger partial charge >= 0.3 is 0 Å². The minimum absolute atomic E-state index is 0. The Morgan fingerprint density at radius 2 is 2.40 bits per heavy atom. The Bertz CT molecular complexity index is 222. The monoisotopic (exact) mass is 314 g/mol. The third-order valence-electron chi connectivity index (χ3n) is 1.91. The van der Waals surface area contributed by atoms with Gasteiger partial charge in [-0.05, 0) is 0 Å². The molecule has 0 aromatic rings. The maximum Gasteiger partial charge on any atom is 0.221 e. The Morgan fingerprint density at radius 1 is 1.67 bits per heavy atom. The maximum atomic E-state index is 11.4. The van der Waals surface area contributed by atoms with Crippen molar-refractivity contribution < 1.29 is 4.79 Å². The number of rotatable bonds is 4. The summed E-state index contributed by atoms with van der Waals surface area (Å²) >= 11 is 5.10. The van der Waals surface area contributed by atoms with E-state index in [4.69, 9.17) is 0 Å². The minimum atomic E-state index is 0. The number of nitrogens with one attached hydrogen (secondary N) is 2. The van der Waals surface area contributed by atoms with Crippen LogP contribution in [-0.4, -0.2) is 36.5 Å². The minimum Gasteiger partial charge on any atom is -0.351 e. The second-order valence-corrected chi connectivity index (χ2v) is 5.50. The first-order valence-electron chi connectivity index (χ1n) is 4.59. The summed E-state index contributed by atoms with van der Waals surface area (Å²) in [6, 6.07) is 0.331. The molecule has 6 heteroatoms. The number of halogens is 2. The number of hydrogen-bond acceptors (Lipinski definition) is 3. The van der Waals surface area contributed by atoms with Crippen LogP contribution in [0, 0.1) is 0 Å². The third kappa shape index (κ3) is 7.22. The standard InChI is InChI=1S/C9H15BrN2OS.ClH/c1-7(10)5-12-9(13)4-8-6-14-3-2-11-8;/h8,11H,1-6H2,(H,12,13);1H. The predicted octanol–water partition coefficient (Wildman–Crippen LogP) is 1.53. The number of carbonyl (C=O) groups is 1. The van der Waals surface area contributed by atoms with Crippen LogP contribution in [0.1, 0.15) is 6.42 Å². The normalized spacial score (nSPS) is 20.2. The fourth-order valence-corrected chi connectivity index (χ4v) is 2.33. The Labute approximate surface area is 109 Å². The van der Waals surface area contributed by atoms with E-state index < -0.39 is 0 Å². The van der Waals surface area contributed by atoms with Crippen LogP contribution < -0.4 is 10.6 Å². The second kappa shape index (κ2) is 8.44. The van der Waals surface area contributed by atoms with E-state index in [1.54, 1.807) is 0 Å². The van der Waals surface area contributed by atoms with Crippen molar-refractivity contribution in [3.63, 3.8) is 0 Å². The van der Waals surface area contributed by atoms with E-state index in [0.29, 0.717) is 19.0 Å². The van der Waals surface area contributed by atoms with Gasteiger partial charge in [0.25, 0.3) is 0 Å². The van der Waals surface area contributed by atoms with Gasteiger partial charge in [-0.3, -0.25) is 4.79 Å². The highest BCUT2D eigenvalue weighted by atomic mass is 79.9. The first kappa shape index (κ1) is 15.3. The predicted molar refractivity (Wildman–Crippen MR) is 72.1 cm³/mol. The van der Waals surface area contributed by atoms with Crippen molar-refractivity contribution in [1.29, 1.82) is 0 Å². The molecule has 0 radical (unpaired) electrons. The number of amides is 1. The summed E-state index contributed by atoms with van der Waals surface area (Å²) in [6.45, 7) is 5.18. The van der Waals surface area contributed by atoms with Crippen LogP contribution in [0.25, 0.3) is 0 Å². The Morgan fingerprint density at radius 3 is 2.93 bits per heavy atom. The Kier molecular flexibility index (Phi) is 8.61. The van der Waals surface area contributed by atoms with Gasteiger partial charge in [-0.15, -0.1) is 12.4 Å². The summed E-state index contributed by atoms with van der Waals surface area (Å²) in [5.41, 5.74) is 0. The quantitative estimate of drug-likeness (QED) is 0.826. The van der Waals surface area contributed by atoms with Crippen molar-refractivity contribution in [3.05, 3.63) is 11.1 Å². The smallest absolute Gasteiger partial charge is 0.221 e. The Hall–Kier alpha value is 0.290. The molecule has 0 saturated carbocycles. The molecular formula is C9H16BrClN2OS. The van der Waals surface area contributed by atoms with Gasteiger partial charge in [0.2, 0.25) is 5.91 Å². The first-order valence-corrected chi connectivity index (χ1v) is 6.54. The molecule has 0 bridgehead atoms. The van der Waals surface area contributed by atoms with E-state index in [-0.39, 0.29) is 18.3 Å². The largest absolute Gasteiger partial charge is 0.351 e. The number of thioether (sulfide) groups is 1. The van der Waals surface area contributed by atoms with Crippen molar-refractivity contribution in [3.8, 4) is 0 Å². The molecule has 1 unspecified atom stereocenters. The fraction of sp³-hybridized carbons (Fsp3) is 0.667. The zero-order valence-electron chi connectivity index (χ0n) is 8.42. The number of hydrogen-bond donors (Lipinski definition) is 2. The van der Waals surface area contributed by atoms with Gasteiger partial charge < -0.3 is 10.6 Å². The van der Waals surface area contributed by atoms with E-state index >= 15 is 0 Å². The fourth-order valence-electron chi connectivity index (χ4n) is 1.24. The lowest BCUT2D eigenvalue weighted by atomic mass is 10.2. The zero-order chi connectivity index (χ0) is 10.4. The van der Waals surface area contributed by atoms with Gasteiger partial charge in [0.1, 0.15) is 0 Å². The zero-order valence-corrected chi connectivity index (χ0v) is 11.6. The summed E-state index contributed by atoms with van der Waals surface area (Å²) in [4.78, 5) is 11.4. The Balaban J connectivity index is 0.00000196. The molecule has 0 aromatic heterocycles. The molecule has 1 atom stereocenters. The summed E-state index contributed by atoms with van der Waals surface area (Å²) < 4.78 is 0.803. The van der Waals surface area contributed by atoms with Gasteiger partial charge in [0.15, 0.2) is 0 Å². The topological polar surface area (TPSA) is 41.1 Å². The van der Waals surface area contributed by atoms with Gasteiger partial charge in [0.05, 0.1) is 0 Å². The highest BCUT2D eigenvalue weighted by molar-refractivity contribution is 9.11. The first-order chi connectivity index (χ1) is 6.68. The lowest BCUT2D eigenvalue weighted by Gasteiger charge is -2.22. The van der Waals surface area contributed by atoms with Crippen LogP contribution in [0.2, 0.25) is 0 Å². The SMILES string of the molecule is C=C(Br)CNC(=O)CC1CSCCN1.Cl. The molecule has 0 aliphatic carbocycles. The van der Waals surface area contributed by atoms with E-state index in [0.717, 1.165) is 22.5 Å². The van der Waals surface area contributed by atoms with Crippen molar-refractivity contribution in [2.45, 2.75) is 12.5 Å². The average molecular weight is 316 g/mol. The molecule has 1 heterocycles. The molecule has 1 aliphatic rings. The van der Waals surface area contributed by atoms with E-state index in [2.05, 4.69) is 33.1 Å². The van der Waals surface area contributed by atoms with Crippen molar-refractivity contribution in [2.75, 3.05) is 24.6 Å². The molecule has 1 fully saturated rings. The van der Waals surface area contributed by atoms with Gasteiger partial charge in [-0.1, -0.05) is 22.5 Å². The van der Waals surface area contributed by atoms with Crippen LogP contribution in [0.5, 0.6) is 0 Å². The van der Waals surface area contributed by atoms with Crippen molar-refractivity contribution in [1.82, 2.24) is 10.6 Å². The number of carbonyl (C=O) groups excluding carboxylic acids is 1. The molecular weight excluding hydrogens is 300 g/mol. The maximum absolute atomic E-state index is 11.4. The molecule has 1 aliphatic heterocycles. The average Bonchev–Trinajstić information content (AvgIpc) is 2.16. The third-order valence-corrected chi connectivity index (χ3v) is 3.32. The van der Waals surface area contributed by atoms with E-state index in [1.165, 1.54) is 0 Å². The van der Waals surface area contributed by atoms with Crippen molar-refractivity contribution in [2.24, 2.45) is 0 Å². The molecule has 15 heavy (non-hydrogen) atoms. The second-order valence-electron chi connectivity index (χ2n) is 3.22. The molecule has 88 valence electrons. The van der Waals surface area contributed by atoms with Crippen LogP contribution in [0.4, 0.5) is 0 Å². The summed E-state index contributed by atoms with van der Waals surface area (Å²) in [5.74, 6) is 2.27. The molecule has 0 spiro atoms. The van der Waals surface area contributed by atoms with Crippen molar-refractivity contribution >= 4 is 46.0 Å². The highest BCUT2D eigenvalue weighted by Crippen LogP contribution is 2.10. The summed E-state index contributed by atoms with van der Waals surface area (Å²) in [5, 5.41) is 6.12. The van der Waals surface area contributed by atoms with Crippen LogP contribution in [-0.2, 0) is 4.79 Å². The van der Waals surface area contributed by atoms with E-state index in [1.807, 2.05) is 11.8 Å². The molecule has 3 nitrogen and oxygen atoms in total. The van der Waals surface area contributed by atoms with Crippen LogP contribution in [0.15, 0.2) is 11.1 Å². The summed E-state index contributed by atoms with van der Waals surface area (Å²) in [6.07, 6.45) is 0.563. The molecule has 1 amide bonds. The lowest BCUT2D eigenvalue weighted by Crippen LogP contribution is -2.41. The van der Waals surface area contributed by atoms with Crippen LogP contribution >= 0.6 is 40.1 Å². The van der Waals surface area contributed by atoms with Crippen LogP contribution in [0.3, 0.4) is 0 Å².